The quantitative estimate of drug-likeness (QED) is 0.692. The molecular weight excluding hydrogens is 176 g/mol. The molecule has 2 nitrogen and oxygen atoms in total. The molecule has 0 unspecified atom stereocenters. The highest BCUT2D eigenvalue weighted by Crippen LogP contribution is 2.00. The third-order valence-electron chi connectivity index (χ3n) is 1.21. The molecule has 0 spiro atoms. The van der Waals surface area contributed by atoms with Gasteiger partial charge in [-0.3, -0.25) is 0 Å². The second kappa shape index (κ2) is 23.1. The smallest absolute Gasteiger partial charge is 0.0483 e. The third kappa shape index (κ3) is 92.5. The molecule has 0 saturated heterocycles. The number of hydrogen-bond acceptors (Lipinski definition) is 2. The van der Waals surface area contributed by atoms with Crippen LogP contribution in [-0.2, 0) is 0 Å². The maximum Gasteiger partial charge on any atom is 0.0483 e. The van der Waals surface area contributed by atoms with Crippen LogP contribution in [-0.4, -0.2) is 22.9 Å². The van der Waals surface area contributed by atoms with E-state index in [1.165, 1.54) is 32.1 Å². The molecule has 0 bridgehead atoms. The van der Waals surface area contributed by atoms with E-state index in [0.29, 0.717) is 0 Å². The fraction of sp³-hybridized carbons (Fsp3) is 1.00. The largest absolute Gasteiger partial charge is 0.397 e. The van der Waals surface area contributed by atoms with Gasteiger partial charge >= 0.3 is 0 Å². The normalized spacial score (nSPS) is 8.57. The van der Waals surface area contributed by atoms with E-state index < -0.39 is 0 Å². The van der Waals surface area contributed by atoms with Crippen molar-refractivity contribution in [2.24, 2.45) is 0 Å². The number of hydrogen-bond donors (Lipinski definition) is 2. The molecular formula is C12H30O2. The molecule has 0 amide bonds. The lowest BCUT2D eigenvalue weighted by atomic mass is 10.2. The van der Waals surface area contributed by atoms with Crippen LogP contribution < -0.4 is 0 Å². The fourth-order valence-corrected chi connectivity index (χ4v) is 0.677. The van der Waals surface area contributed by atoms with Crippen molar-refractivity contribution in [2.75, 3.05) is 6.61 Å². The SMILES string of the molecule is CC(C)O.CCCCCCC.CCO. The van der Waals surface area contributed by atoms with E-state index in [1.807, 2.05) is 0 Å². The molecule has 0 radical (unpaired) electrons. The van der Waals surface area contributed by atoms with E-state index in [1.54, 1.807) is 20.8 Å². The Bertz CT molecular complexity index is 56.6. The average molecular weight is 206 g/mol. The zero-order chi connectivity index (χ0) is 11.8. The van der Waals surface area contributed by atoms with Crippen molar-refractivity contribution >= 4 is 0 Å². The number of rotatable bonds is 4. The predicted molar refractivity (Wildman–Crippen MR) is 64.5 cm³/mol. The topological polar surface area (TPSA) is 40.5 Å². The predicted octanol–water partition coefficient (Wildman–Crippen LogP) is 3.36. The van der Waals surface area contributed by atoms with Gasteiger partial charge in [0.15, 0.2) is 0 Å². The molecule has 90 valence electrons. The molecule has 0 aromatic carbocycles. The van der Waals surface area contributed by atoms with E-state index in [2.05, 4.69) is 13.8 Å². The molecule has 2 heteroatoms. The highest BCUT2D eigenvalue weighted by atomic mass is 16.3. The van der Waals surface area contributed by atoms with Gasteiger partial charge in [-0.15, -0.1) is 0 Å². The summed E-state index contributed by atoms with van der Waals surface area (Å²) in [5.74, 6) is 0. The van der Waals surface area contributed by atoms with Crippen LogP contribution in [0.15, 0.2) is 0 Å². The Balaban J connectivity index is -0.000000147. The Morgan fingerprint density at radius 1 is 0.857 bits per heavy atom. The van der Waals surface area contributed by atoms with E-state index in [4.69, 9.17) is 10.2 Å². The highest BCUT2D eigenvalue weighted by Gasteiger charge is 1.80. The van der Waals surface area contributed by atoms with E-state index in [9.17, 15) is 0 Å². The van der Waals surface area contributed by atoms with Crippen LogP contribution in [0, 0.1) is 0 Å². The van der Waals surface area contributed by atoms with E-state index in [-0.39, 0.29) is 12.7 Å². The van der Waals surface area contributed by atoms with E-state index >= 15 is 0 Å². The van der Waals surface area contributed by atoms with Gasteiger partial charge in [0, 0.05) is 12.7 Å². The van der Waals surface area contributed by atoms with Crippen molar-refractivity contribution in [3.63, 3.8) is 0 Å². The maximum atomic E-state index is 8.06. The molecule has 0 heterocycles. The lowest BCUT2D eigenvalue weighted by molar-refractivity contribution is 0.216. The first-order valence-electron chi connectivity index (χ1n) is 5.85. The first-order chi connectivity index (χ1) is 6.56. The Morgan fingerprint density at radius 2 is 1.07 bits per heavy atom. The highest BCUT2D eigenvalue weighted by molar-refractivity contribution is 4.35. The van der Waals surface area contributed by atoms with Gasteiger partial charge in [-0.1, -0.05) is 46.0 Å². The van der Waals surface area contributed by atoms with Gasteiger partial charge in [0.2, 0.25) is 0 Å². The van der Waals surface area contributed by atoms with Gasteiger partial charge in [-0.2, -0.15) is 0 Å². The summed E-state index contributed by atoms with van der Waals surface area (Å²) in [5, 5.41) is 15.6. The van der Waals surface area contributed by atoms with Crippen LogP contribution in [0.5, 0.6) is 0 Å². The second-order valence-electron chi connectivity index (χ2n) is 3.47. The van der Waals surface area contributed by atoms with E-state index in [0.717, 1.165) is 0 Å². The van der Waals surface area contributed by atoms with Gasteiger partial charge < -0.3 is 10.2 Å². The zero-order valence-electron chi connectivity index (χ0n) is 10.7. The van der Waals surface area contributed by atoms with Gasteiger partial charge in [0.05, 0.1) is 0 Å². The summed E-state index contributed by atoms with van der Waals surface area (Å²) in [6.45, 7) is 9.87. The first-order valence-corrected chi connectivity index (χ1v) is 5.85. The minimum absolute atomic E-state index is 0.167. The van der Waals surface area contributed by atoms with Gasteiger partial charge in [-0.25, -0.2) is 0 Å². The minimum Gasteiger partial charge on any atom is -0.397 e. The molecule has 0 aromatic rings. The van der Waals surface area contributed by atoms with Crippen LogP contribution in [0.4, 0.5) is 0 Å². The summed E-state index contributed by atoms with van der Waals surface area (Å²) in [6.07, 6.45) is 6.84. The number of aliphatic hydroxyl groups is 2. The number of unbranched alkanes of at least 4 members (excludes halogenated alkanes) is 4. The number of aliphatic hydroxyl groups excluding tert-OH is 2. The minimum atomic E-state index is -0.167. The summed E-state index contributed by atoms with van der Waals surface area (Å²) in [5.41, 5.74) is 0. The van der Waals surface area contributed by atoms with Gasteiger partial charge in [-0.05, 0) is 20.8 Å². The molecule has 0 atom stereocenters. The molecule has 0 aromatic heterocycles. The summed E-state index contributed by atoms with van der Waals surface area (Å²) in [7, 11) is 0. The van der Waals surface area contributed by atoms with Crippen molar-refractivity contribution in [3.8, 4) is 0 Å². The van der Waals surface area contributed by atoms with Crippen LogP contribution in [0.25, 0.3) is 0 Å². The molecule has 0 rings (SSSR count). The van der Waals surface area contributed by atoms with Crippen molar-refractivity contribution in [1.82, 2.24) is 0 Å². The summed E-state index contributed by atoms with van der Waals surface area (Å²) in [4.78, 5) is 0. The molecule has 0 aliphatic rings. The Kier molecular flexibility index (Phi) is 32.1. The first kappa shape index (κ1) is 19.5. The third-order valence-corrected chi connectivity index (χ3v) is 1.21. The Hall–Kier alpha value is -0.0800. The lowest BCUT2D eigenvalue weighted by Crippen LogP contribution is -1.85. The van der Waals surface area contributed by atoms with Crippen molar-refractivity contribution < 1.29 is 10.2 Å². The fourth-order valence-electron chi connectivity index (χ4n) is 0.677. The molecule has 0 aliphatic carbocycles. The summed E-state index contributed by atoms with van der Waals surface area (Å²) < 4.78 is 0. The van der Waals surface area contributed by atoms with Crippen molar-refractivity contribution in [1.29, 1.82) is 0 Å². The molecule has 0 fully saturated rings. The van der Waals surface area contributed by atoms with Crippen LogP contribution in [0.2, 0.25) is 0 Å². The molecule has 14 heavy (non-hydrogen) atoms. The second-order valence-corrected chi connectivity index (χ2v) is 3.47. The lowest BCUT2D eigenvalue weighted by Gasteiger charge is -1.90. The Morgan fingerprint density at radius 3 is 1.21 bits per heavy atom. The van der Waals surface area contributed by atoms with Crippen LogP contribution in [0.3, 0.4) is 0 Å². The molecule has 2 N–H and O–H groups in total. The molecule has 0 aliphatic heterocycles. The summed E-state index contributed by atoms with van der Waals surface area (Å²) in [6, 6.07) is 0. The Labute approximate surface area is 90.4 Å². The van der Waals surface area contributed by atoms with Crippen LogP contribution >= 0.6 is 0 Å². The monoisotopic (exact) mass is 206 g/mol. The van der Waals surface area contributed by atoms with Crippen LogP contribution in [0.1, 0.15) is 66.7 Å². The van der Waals surface area contributed by atoms with Crippen molar-refractivity contribution in [2.45, 2.75) is 72.8 Å². The van der Waals surface area contributed by atoms with Crippen molar-refractivity contribution in [3.05, 3.63) is 0 Å². The van der Waals surface area contributed by atoms with Gasteiger partial charge in [0.25, 0.3) is 0 Å². The summed E-state index contributed by atoms with van der Waals surface area (Å²) >= 11 is 0. The standard InChI is InChI=1S/C7H16.C3H8O.C2H6O/c1-3-5-7-6-4-2;1-3(2)4;1-2-3/h3-7H2,1-2H3;3-4H,1-2H3;3H,2H2,1H3. The molecule has 0 saturated carbocycles. The maximum absolute atomic E-state index is 8.06. The zero-order valence-corrected chi connectivity index (χ0v) is 10.7. The van der Waals surface area contributed by atoms with Gasteiger partial charge in [0.1, 0.15) is 0 Å². The average Bonchev–Trinajstić information content (AvgIpc) is 2.06.